The molecule has 2 fully saturated rings. The average Bonchev–Trinajstić information content (AvgIpc) is 4.03. The van der Waals surface area contributed by atoms with Gasteiger partial charge in [-0.25, -0.2) is 19.7 Å². The molecule has 15 nitrogen and oxygen atoms in total. The van der Waals surface area contributed by atoms with Crippen molar-refractivity contribution >= 4 is 46.3 Å². The van der Waals surface area contributed by atoms with Crippen molar-refractivity contribution in [3.05, 3.63) is 66.4 Å². The Balaban J connectivity index is 1.08. The minimum Gasteiger partial charge on any atom is -0.453 e. The van der Waals surface area contributed by atoms with Crippen molar-refractivity contribution in [2.24, 2.45) is 5.92 Å². The molecule has 0 spiro atoms. The third-order valence-corrected chi connectivity index (χ3v) is 10.9. The predicted octanol–water partition coefficient (Wildman–Crippen LogP) is 5.03. The number of pyridine rings is 1. The van der Waals surface area contributed by atoms with Gasteiger partial charge in [-0.3, -0.25) is 14.4 Å². The molecule has 15 heteroatoms. The molecule has 5 atom stereocenters. The van der Waals surface area contributed by atoms with Crippen LogP contribution in [-0.4, -0.2) is 105 Å². The van der Waals surface area contributed by atoms with Crippen LogP contribution in [0.15, 0.2) is 54.7 Å². The molecule has 4 N–H and O–H groups in total. The lowest BCUT2D eigenvalue weighted by Crippen LogP contribution is -2.54. The maximum Gasteiger partial charge on any atom is 0.407 e. The highest BCUT2D eigenvalue weighted by Crippen LogP contribution is 2.35. The Kier molecular flexibility index (Phi) is 10.8. The Labute approximate surface area is 318 Å². The topological polar surface area (TPSA) is 188 Å². The summed E-state index contributed by atoms with van der Waals surface area (Å²) in [7, 11) is 2.76. The van der Waals surface area contributed by atoms with Gasteiger partial charge < -0.3 is 39.9 Å². The van der Waals surface area contributed by atoms with Crippen LogP contribution in [0, 0.1) is 5.92 Å². The highest BCUT2D eigenvalue weighted by atomic mass is 16.5. The molecule has 0 aliphatic carbocycles. The number of nitrogens with one attached hydrogen (secondary N) is 4. The van der Waals surface area contributed by atoms with Crippen LogP contribution < -0.4 is 10.6 Å². The van der Waals surface area contributed by atoms with Crippen LogP contribution in [0.4, 0.5) is 4.79 Å². The van der Waals surface area contributed by atoms with E-state index in [2.05, 4.69) is 49.9 Å². The van der Waals surface area contributed by atoms with E-state index in [0.29, 0.717) is 36.8 Å². The molecule has 7 rings (SSSR count). The number of aromatic nitrogens is 5. The lowest BCUT2D eigenvalue weighted by Gasteiger charge is -2.30. The Bertz CT molecular complexity index is 2220. The SMILES string of the molecule is COC(=O)N[C@H](C(=O)N1CCC[C@H]1c1ncc(-c2ccc3cc(-c4ccc5[nH]c([C@@H]6CCCN6C(=O)[C@@H](NC=O)C(C)C)nc5n4)ccc3c2)[nH]1)[C@@H](C)OC. The molecule has 2 aliphatic heterocycles. The third-order valence-electron chi connectivity index (χ3n) is 10.9. The van der Waals surface area contributed by atoms with E-state index in [9.17, 15) is 19.2 Å². The fourth-order valence-electron chi connectivity index (χ4n) is 7.77. The Morgan fingerprint density at radius 1 is 0.836 bits per heavy atom. The number of nitrogens with zero attached hydrogens (tertiary/aromatic N) is 5. The van der Waals surface area contributed by atoms with Crippen molar-refractivity contribution < 1.29 is 28.7 Å². The molecule has 3 aromatic heterocycles. The fourth-order valence-corrected chi connectivity index (χ4v) is 7.77. The lowest BCUT2D eigenvalue weighted by atomic mass is 10.0. The van der Waals surface area contributed by atoms with Gasteiger partial charge >= 0.3 is 6.09 Å². The number of H-pyrrole nitrogens is 2. The smallest absolute Gasteiger partial charge is 0.407 e. The van der Waals surface area contributed by atoms with Gasteiger partial charge in [0, 0.05) is 31.3 Å². The second-order valence-corrected chi connectivity index (χ2v) is 14.6. The zero-order chi connectivity index (χ0) is 38.8. The zero-order valence-corrected chi connectivity index (χ0v) is 31.7. The van der Waals surface area contributed by atoms with Gasteiger partial charge in [0.25, 0.3) is 0 Å². The molecule has 5 heterocycles. The molecule has 288 valence electrons. The number of amides is 4. The molecule has 2 aromatic carbocycles. The zero-order valence-electron chi connectivity index (χ0n) is 31.7. The fraction of sp³-hybridized carbons (Fsp3) is 0.425. The number of benzene rings is 2. The van der Waals surface area contributed by atoms with Crippen molar-refractivity contribution in [2.75, 3.05) is 27.3 Å². The van der Waals surface area contributed by atoms with E-state index in [1.54, 1.807) is 18.0 Å². The van der Waals surface area contributed by atoms with Gasteiger partial charge in [0.2, 0.25) is 18.2 Å². The van der Waals surface area contributed by atoms with E-state index in [4.69, 9.17) is 19.4 Å². The van der Waals surface area contributed by atoms with E-state index in [1.807, 2.05) is 43.0 Å². The van der Waals surface area contributed by atoms with E-state index >= 15 is 0 Å². The number of ether oxygens (including phenoxy) is 2. The van der Waals surface area contributed by atoms with E-state index in [-0.39, 0.29) is 29.8 Å². The maximum absolute atomic E-state index is 13.6. The van der Waals surface area contributed by atoms with Crippen molar-refractivity contribution in [1.29, 1.82) is 0 Å². The van der Waals surface area contributed by atoms with Crippen LogP contribution in [0.5, 0.6) is 0 Å². The number of aromatic amines is 2. The highest BCUT2D eigenvalue weighted by Gasteiger charge is 2.39. The third kappa shape index (κ3) is 7.48. The Morgan fingerprint density at radius 3 is 2.15 bits per heavy atom. The highest BCUT2D eigenvalue weighted by molar-refractivity contribution is 5.91. The molecular formula is C40H47N9O6. The quantitative estimate of drug-likeness (QED) is 0.127. The monoisotopic (exact) mass is 749 g/mol. The molecule has 0 radical (unpaired) electrons. The minimum absolute atomic E-state index is 0.0402. The number of rotatable bonds is 12. The first-order valence-electron chi connectivity index (χ1n) is 18.7. The summed E-state index contributed by atoms with van der Waals surface area (Å²) >= 11 is 0. The predicted molar refractivity (Wildman–Crippen MR) is 205 cm³/mol. The van der Waals surface area contributed by atoms with Gasteiger partial charge in [0.1, 0.15) is 23.7 Å². The summed E-state index contributed by atoms with van der Waals surface area (Å²) in [6.45, 7) is 6.72. The van der Waals surface area contributed by atoms with E-state index in [0.717, 1.165) is 64.5 Å². The van der Waals surface area contributed by atoms with Gasteiger partial charge in [0.15, 0.2) is 5.65 Å². The average molecular weight is 750 g/mol. The summed E-state index contributed by atoms with van der Waals surface area (Å²) < 4.78 is 10.2. The van der Waals surface area contributed by atoms with Crippen molar-refractivity contribution in [2.45, 2.75) is 76.7 Å². The van der Waals surface area contributed by atoms with Crippen LogP contribution in [0.3, 0.4) is 0 Å². The molecule has 2 aliphatic rings. The summed E-state index contributed by atoms with van der Waals surface area (Å²) in [4.78, 5) is 75.1. The van der Waals surface area contributed by atoms with Gasteiger partial charge in [0.05, 0.1) is 48.4 Å². The first-order valence-corrected chi connectivity index (χ1v) is 18.7. The van der Waals surface area contributed by atoms with Gasteiger partial charge in [-0.15, -0.1) is 0 Å². The second kappa shape index (κ2) is 15.9. The number of imidazole rings is 2. The van der Waals surface area contributed by atoms with Crippen LogP contribution in [-0.2, 0) is 23.9 Å². The first-order chi connectivity index (χ1) is 26.6. The first kappa shape index (κ1) is 37.5. The molecule has 0 bridgehead atoms. The van der Waals surface area contributed by atoms with Crippen LogP contribution in [0.2, 0.25) is 0 Å². The Hall–Kier alpha value is -5.83. The summed E-state index contributed by atoms with van der Waals surface area (Å²) in [5, 5.41) is 7.39. The van der Waals surface area contributed by atoms with Gasteiger partial charge in [-0.1, -0.05) is 38.1 Å². The number of carbonyl (C=O) groups excluding carboxylic acids is 4. The van der Waals surface area contributed by atoms with Crippen LogP contribution in [0.25, 0.3) is 44.5 Å². The summed E-state index contributed by atoms with van der Waals surface area (Å²) in [6.07, 6.45) is 4.30. The summed E-state index contributed by atoms with van der Waals surface area (Å²) in [5.74, 6) is 0.986. The minimum atomic E-state index is -0.900. The molecule has 0 unspecified atom stereocenters. The molecule has 5 aromatic rings. The molecule has 0 saturated carbocycles. The molecule has 4 amide bonds. The van der Waals surface area contributed by atoms with Crippen molar-refractivity contribution in [3.8, 4) is 22.5 Å². The number of fused-ring (bicyclic) bond motifs is 2. The van der Waals surface area contributed by atoms with Gasteiger partial charge in [-0.05, 0) is 73.6 Å². The van der Waals surface area contributed by atoms with Gasteiger partial charge in [-0.2, -0.15) is 0 Å². The number of likely N-dealkylation sites (tertiary alicyclic amines) is 2. The maximum atomic E-state index is 13.6. The second-order valence-electron chi connectivity index (χ2n) is 14.6. The van der Waals surface area contributed by atoms with E-state index < -0.39 is 24.3 Å². The molecule has 55 heavy (non-hydrogen) atoms. The standard InChI is InChI=1S/C40H47N9O6/c1-22(2)33(42-21-50)38(51)49-17-7-9-32(49)37-44-29-15-14-28(43-35(29)47-37)26-12-10-25-19-27(13-11-24(25)18-26)30-20-41-36(45-30)31-8-6-16-48(31)39(52)34(23(3)54-4)46-40(53)55-5/h10-15,18-23,31-34H,6-9,16-17H2,1-5H3,(H,41,45)(H,42,50)(H,46,53)(H,43,44,47)/t23-,31+,32+,33+,34+/m1/s1. The number of carbonyl (C=O) groups is 4. The molecule has 2 saturated heterocycles. The number of methoxy groups -OCH3 is 2. The number of alkyl carbamates (subject to hydrolysis) is 1. The summed E-state index contributed by atoms with van der Waals surface area (Å²) in [5.41, 5.74) is 4.89. The lowest BCUT2D eigenvalue weighted by molar-refractivity contribution is -0.138. The van der Waals surface area contributed by atoms with Crippen LogP contribution in [0.1, 0.15) is 70.2 Å². The van der Waals surface area contributed by atoms with Crippen molar-refractivity contribution in [3.63, 3.8) is 0 Å². The van der Waals surface area contributed by atoms with Crippen LogP contribution >= 0.6 is 0 Å². The van der Waals surface area contributed by atoms with Crippen molar-refractivity contribution in [1.82, 2.24) is 45.4 Å². The number of hydrogen-bond acceptors (Lipinski definition) is 9. The van der Waals surface area contributed by atoms with E-state index in [1.165, 1.54) is 14.2 Å². The molecular weight excluding hydrogens is 702 g/mol. The summed E-state index contributed by atoms with van der Waals surface area (Å²) in [6, 6.07) is 14.4. The normalized spacial score (nSPS) is 18.8. The number of hydrogen-bond donors (Lipinski definition) is 4. The largest absolute Gasteiger partial charge is 0.453 e. The Morgan fingerprint density at radius 2 is 1.49 bits per heavy atom.